The summed E-state index contributed by atoms with van der Waals surface area (Å²) in [6.45, 7) is 0.0163. The highest BCUT2D eigenvalue weighted by Gasteiger charge is 2.46. The molecule has 6 heteroatoms. The van der Waals surface area contributed by atoms with Gasteiger partial charge in [-0.2, -0.15) is 0 Å². The lowest BCUT2D eigenvalue weighted by atomic mass is 9.45. The molecular weight excluding hydrogens is 575 g/mol. The number of anilines is 3. The minimum Gasteiger partial charge on any atom is -0.454 e. The number of hydrogen-bond acceptors (Lipinski definition) is 4. The number of aromatic nitrogens is 1. The molecule has 0 atom stereocenters. The summed E-state index contributed by atoms with van der Waals surface area (Å²) in [5, 5.41) is 5.02. The Labute approximate surface area is 260 Å². The summed E-state index contributed by atoms with van der Waals surface area (Å²) in [7, 11) is 0. The molecule has 9 aromatic rings. The van der Waals surface area contributed by atoms with Crippen molar-refractivity contribution in [3.63, 3.8) is 0 Å². The molecule has 44 heavy (non-hydrogen) atoms. The van der Waals surface area contributed by atoms with E-state index in [4.69, 9.17) is 4.42 Å². The summed E-state index contributed by atoms with van der Waals surface area (Å²) in [6.07, 6.45) is 0. The molecule has 3 aliphatic heterocycles. The second-order valence-corrected chi connectivity index (χ2v) is 14.1. The molecule has 0 spiro atoms. The Morgan fingerprint density at radius 3 is 2.39 bits per heavy atom. The zero-order valence-electron chi connectivity index (χ0n) is 23.2. The largest absolute Gasteiger partial charge is 0.454 e. The van der Waals surface area contributed by atoms with E-state index in [0.29, 0.717) is 0 Å². The quantitative estimate of drug-likeness (QED) is 0.163. The van der Waals surface area contributed by atoms with Crippen LogP contribution in [0.5, 0.6) is 0 Å². The molecule has 0 N–H and O–H groups in total. The van der Waals surface area contributed by atoms with Crippen LogP contribution in [0.15, 0.2) is 129 Å². The van der Waals surface area contributed by atoms with E-state index >= 15 is 0 Å². The molecule has 0 saturated carbocycles. The van der Waals surface area contributed by atoms with Crippen molar-refractivity contribution < 1.29 is 4.42 Å². The fourth-order valence-electron chi connectivity index (χ4n) is 8.31. The molecule has 202 valence electrons. The first-order chi connectivity index (χ1) is 21.8. The molecule has 6 heterocycles. The van der Waals surface area contributed by atoms with E-state index in [-0.39, 0.29) is 6.85 Å². The number of para-hydroxylation sites is 4. The van der Waals surface area contributed by atoms with Crippen molar-refractivity contribution in [3.8, 4) is 11.1 Å². The third-order valence-corrected chi connectivity index (χ3v) is 12.2. The van der Waals surface area contributed by atoms with E-state index in [1.165, 1.54) is 90.9 Å². The number of benzene rings is 6. The van der Waals surface area contributed by atoms with Crippen molar-refractivity contribution in [1.82, 2.24) is 4.48 Å². The summed E-state index contributed by atoms with van der Waals surface area (Å²) in [5.74, 6) is 0. The molecule has 0 bridgehead atoms. The van der Waals surface area contributed by atoms with Gasteiger partial charge in [0.1, 0.15) is 5.58 Å². The monoisotopic (exact) mass is 594 g/mol. The van der Waals surface area contributed by atoms with Crippen LogP contribution < -0.4 is 15.8 Å². The summed E-state index contributed by atoms with van der Waals surface area (Å²) in [4.78, 5) is 5.20. The first-order valence-electron chi connectivity index (χ1n) is 15.0. The minimum atomic E-state index is 0.0163. The van der Waals surface area contributed by atoms with Gasteiger partial charge >= 0.3 is 6.85 Å². The average molecular weight is 595 g/mol. The average Bonchev–Trinajstić information content (AvgIpc) is 3.73. The van der Waals surface area contributed by atoms with Crippen molar-refractivity contribution in [2.45, 2.75) is 9.79 Å². The number of thiophene rings is 1. The first-order valence-corrected chi connectivity index (χ1v) is 16.6. The van der Waals surface area contributed by atoms with E-state index in [1.807, 2.05) is 23.1 Å². The van der Waals surface area contributed by atoms with Crippen LogP contribution in [-0.2, 0) is 0 Å². The highest BCUT2D eigenvalue weighted by molar-refractivity contribution is 7.99. The molecule has 0 unspecified atom stereocenters. The van der Waals surface area contributed by atoms with Crippen molar-refractivity contribution in [1.29, 1.82) is 0 Å². The smallest absolute Gasteiger partial charge is 0.333 e. The third kappa shape index (κ3) is 2.46. The van der Waals surface area contributed by atoms with Gasteiger partial charge in [0.15, 0.2) is 5.58 Å². The molecule has 0 saturated heterocycles. The van der Waals surface area contributed by atoms with Gasteiger partial charge in [0.25, 0.3) is 0 Å². The van der Waals surface area contributed by atoms with Crippen LogP contribution >= 0.6 is 23.1 Å². The fourth-order valence-corrected chi connectivity index (χ4v) is 10.6. The van der Waals surface area contributed by atoms with Crippen LogP contribution in [0.3, 0.4) is 0 Å². The molecule has 6 aromatic carbocycles. The number of nitrogens with zero attached hydrogens (tertiary/aromatic N) is 2. The highest BCUT2D eigenvalue weighted by Crippen LogP contribution is 2.56. The number of rotatable bonds is 0. The van der Waals surface area contributed by atoms with Gasteiger partial charge in [-0.25, -0.2) is 0 Å². The maximum atomic E-state index is 6.67. The standard InChI is InChI=1S/C38H19BN2OS2/c1-4-15-28-22(10-1)34-37(42-28)23-12-7-11-21-24-19-25-20-9-2-5-16-29(20)44-38(25)36-32(24)39(41(34)33(21)23)26-13-8-18-31-35(26)40(36)27-14-3-6-17-30(27)43-31/h1-19H. The van der Waals surface area contributed by atoms with E-state index < -0.39 is 0 Å². The van der Waals surface area contributed by atoms with Crippen LogP contribution in [0.4, 0.5) is 17.1 Å². The van der Waals surface area contributed by atoms with Gasteiger partial charge in [0.05, 0.1) is 27.3 Å². The van der Waals surface area contributed by atoms with E-state index in [2.05, 4.69) is 125 Å². The van der Waals surface area contributed by atoms with Crippen LogP contribution in [0.1, 0.15) is 0 Å². The molecule has 0 fully saturated rings. The van der Waals surface area contributed by atoms with E-state index in [0.717, 1.165) is 11.2 Å². The lowest BCUT2D eigenvalue weighted by Gasteiger charge is -2.43. The highest BCUT2D eigenvalue weighted by atomic mass is 32.2. The number of hydrogen-bond donors (Lipinski definition) is 0. The lowest BCUT2D eigenvalue weighted by molar-refractivity contribution is 0.673. The van der Waals surface area contributed by atoms with Gasteiger partial charge in [-0.1, -0.05) is 78.5 Å². The van der Waals surface area contributed by atoms with Crippen LogP contribution in [-0.4, -0.2) is 11.3 Å². The lowest BCUT2D eigenvalue weighted by Crippen LogP contribution is -2.57. The van der Waals surface area contributed by atoms with Gasteiger partial charge in [0.2, 0.25) is 0 Å². The second kappa shape index (κ2) is 7.59. The Balaban J connectivity index is 1.36. The van der Waals surface area contributed by atoms with Gasteiger partial charge in [-0.15, -0.1) is 11.3 Å². The molecule has 3 aromatic heterocycles. The normalized spacial score (nSPS) is 14.2. The predicted molar refractivity (Wildman–Crippen MR) is 187 cm³/mol. The van der Waals surface area contributed by atoms with Crippen molar-refractivity contribution in [2.24, 2.45) is 0 Å². The SMILES string of the molecule is c1ccc2c(c1)Sc1cccc3c1N2c1c2c(cc4c1sc1ccccc14)-c1cccc4c5oc6ccccc6c5n(c14)B32. The third-order valence-electron chi connectivity index (χ3n) is 9.93. The zero-order valence-corrected chi connectivity index (χ0v) is 24.8. The van der Waals surface area contributed by atoms with Crippen molar-refractivity contribution in [3.05, 3.63) is 115 Å². The molecule has 0 amide bonds. The summed E-state index contributed by atoms with van der Waals surface area (Å²) < 4.78 is 12.0. The molecule has 0 aliphatic carbocycles. The second-order valence-electron chi connectivity index (χ2n) is 12.0. The van der Waals surface area contributed by atoms with E-state index in [1.54, 1.807) is 0 Å². The van der Waals surface area contributed by atoms with Crippen LogP contribution in [0.2, 0.25) is 0 Å². The number of fused-ring (bicyclic) bond motifs is 15. The molecule has 0 radical (unpaired) electrons. The molecule has 3 nitrogen and oxygen atoms in total. The topological polar surface area (TPSA) is 21.3 Å². The maximum absolute atomic E-state index is 6.67. The van der Waals surface area contributed by atoms with Gasteiger partial charge < -0.3 is 13.8 Å². The van der Waals surface area contributed by atoms with Crippen LogP contribution in [0, 0.1) is 0 Å². The minimum absolute atomic E-state index is 0.0163. The Hall–Kier alpha value is -4.91. The Kier molecular flexibility index (Phi) is 3.90. The first kappa shape index (κ1) is 22.6. The number of furan rings is 1. The van der Waals surface area contributed by atoms with Gasteiger partial charge in [-0.3, -0.25) is 0 Å². The summed E-state index contributed by atoms with van der Waals surface area (Å²) >= 11 is 3.82. The zero-order chi connectivity index (χ0) is 28.3. The maximum Gasteiger partial charge on any atom is 0.333 e. The summed E-state index contributed by atoms with van der Waals surface area (Å²) in [5.41, 5.74) is 13.6. The van der Waals surface area contributed by atoms with Gasteiger partial charge in [0, 0.05) is 47.1 Å². The van der Waals surface area contributed by atoms with Crippen molar-refractivity contribution in [2.75, 3.05) is 4.90 Å². The molecule has 3 aliphatic rings. The van der Waals surface area contributed by atoms with E-state index in [9.17, 15) is 0 Å². The Bertz CT molecular complexity index is 2790. The Morgan fingerprint density at radius 1 is 0.614 bits per heavy atom. The van der Waals surface area contributed by atoms with Crippen molar-refractivity contribution >= 4 is 111 Å². The van der Waals surface area contributed by atoms with Crippen LogP contribution in [0.25, 0.3) is 64.3 Å². The predicted octanol–water partition coefficient (Wildman–Crippen LogP) is 9.79. The Morgan fingerprint density at radius 2 is 1.41 bits per heavy atom. The fraction of sp³-hybridized carbons (Fsp3) is 0. The summed E-state index contributed by atoms with van der Waals surface area (Å²) in [6, 6.07) is 42.5. The molecular formula is C38H19BN2OS2. The molecule has 12 rings (SSSR count). The van der Waals surface area contributed by atoms with Gasteiger partial charge in [-0.05, 0) is 65.0 Å².